The molecule has 1 heterocycles. The third-order valence-electron chi connectivity index (χ3n) is 1.13. The molecule has 0 aliphatic rings. The molecule has 11 heavy (non-hydrogen) atoms. The number of primary amides is 1. The fourth-order valence-electron chi connectivity index (χ4n) is 0.629. The van der Waals surface area contributed by atoms with Crippen LogP contribution in [-0.4, -0.2) is 17.2 Å². The summed E-state index contributed by atoms with van der Waals surface area (Å²) in [7, 11) is 0. The van der Waals surface area contributed by atoms with Crippen LogP contribution >= 0.6 is 0 Å². The van der Waals surface area contributed by atoms with Crippen molar-refractivity contribution in [2.24, 2.45) is 5.73 Å². The van der Waals surface area contributed by atoms with Crippen molar-refractivity contribution in [2.75, 3.05) is 0 Å². The molecule has 1 aromatic rings. The quantitative estimate of drug-likeness (QED) is 0.623. The van der Waals surface area contributed by atoms with E-state index in [1.807, 2.05) is 0 Å². The Kier molecular flexibility index (Phi) is 1.96. The second kappa shape index (κ2) is 2.92. The first-order valence-corrected chi connectivity index (χ1v) is 2.88. The maximum atomic E-state index is 10.5. The number of nitrogens with two attached hydrogens (primary N) is 1. The minimum atomic E-state index is -0.651. The zero-order chi connectivity index (χ0) is 8.27. The van der Waals surface area contributed by atoms with Crippen LogP contribution < -0.4 is 5.73 Å². The summed E-state index contributed by atoms with van der Waals surface area (Å²) in [6.45, 7) is 0. The second-order valence-electron chi connectivity index (χ2n) is 1.90. The van der Waals surface area contributed by atoms with Crippen LogP contribution in [0.3, 0.4) is 0 Å². The number of hydrogen-bond acceptors (Lipinski definition) is 3. The molecule has 0 unspecified atom stereocenters. The summed E-state index contributed by atoms with van der Waals surface area (Å²) in [5.74, 6) is -0.651. The van der Waals surface area contributed by atoms with E-state index < -0.39 is 5.91 Å². The molecule has 0 aliphatic heterocycles. The molecule has 1 radical (unpaired) electrons. The number of hydrogen-bond donors (Lipinski definition) is 1. The summed E-state index contributed by atoms with van der Waals surface area (Å²) < 4.78 is 0. The highest BCUT2D eigenvalue weighted by atomic mass is 16.1. The number of carbonyl (C=O) groups is 1. The molecule has 0 atom stereocenters. The van der Waals surface area contributed by atoms with Crippen LogP contribution in [0, 0.1) is 0 Å². The smallest absolute Gasteiger partial charge is 0.267 e. The normalized spacial score (nSPS) is 9.09. The molecule has 0 aromatic carbocycles. The lowest BCUT2D eigenvalue weighted by atomic mass is 10.2. The van der Waals surface area contributed by atoms with E-state index in [2.05, 4.69) is 4.98 Å². The molecular formula is C7H5N2O2. The Balaban J connectivity index is 3.10. The molecule has 1 amide bonds. The van der Waals surface area contributed by atoms with Gasteiger partial charge < -0.3 is 5.73 Å². The Labute approximate surface area is 63.0 Å². The number of pyridine rings is 1. The Morgan fingerprint density at radius 2 is 2.36 bits per heavy atom. The van der Waals surface area contributed by atoms with Gasteiger partial charge in [0.2, 0.25) is 6.29 Å². The van der Waals surface area contributed by atoms with Crippen LogP contribution in [-0.2, 0) is 4.79 Å². The van der Waals surface area contributed by atoms with Crippen LogP contribution in [0.1, 0.15) is 16.1 Å². The fraction of sp³-hybridized carbons (Fsp3) is 0. The van der Waals surface area contributed by atoms with Gasteiger partial charge in [0.1, 0.15) is 5.69 Å². The lowest BCUT2D eigenvalue weighted by Gasteiger charge is -1.92. The maximum Gasteiger partial charge on any atom is 0.267 e. The van der Waals surface area contributed by atoms with Gasteiger partial charge in [0.15, 0.2) is 0 Å². The number of rotatable bonds is 2. The molecule has 4 heteroatoms. The highest BCUT2D eigenvalue weighted by Crippen LogP contribution is 1.96. The third kappa shape index (κ3) is 1.61. The summed E-state index contributed by atoms with van der Waals surface area (Å²) in [6, 6.07) is 2.73. The molecule has 0 bridgehead atoms. The van der Waals surface area contributed by atoms with Crippen molar-refractivity contribution in [1.82, 2.24) is 4.98 Å². The molecule has 55 valence electrons. The van der Waals surface area contributed by atoms with Crippen molar-refractivity contribution < 1.29 is 9.59 Å². The van der Waals surface area contributed by atoms with Crippen LogP contribution in [0.4, 0.5) is 0 Å². The van der Waals surface area contributed by atoms with Crippen LogP contribution in [0.15, 0.2) is 18.3 Å². The number of nitrogens with zero attached hydrogens (tertiary/aromatic N) is 1. The van der Waals surface area contributed by atoms with Gasteiger partial charge in [-0.15, -0.1) is 0 Å². The van der Waals surface area contributed by atoms with Crippen molar-refractivity contribution in [1.29, 1.82) is 0 Å². The van der Waals surface area contributed by atoms with Gasteiger partial charge in [-0.3, -0.25) is 14.6 Å². The molecule has 1 aromatic heterocycles. The molecule has 0 saturated carbocycles. The lowest BCUT2D eigenvalue weighted by molar-refractivity contribution is 0.0995. The van der Waals surface area contributed by atoms with E-state index in [4.69, 9.17) is 5.73 Å². The minimum Gasteiger partial charge on any atom is -0.364 e. The molecule has 4 nitrogen and oxygen atoms in total. The summed E-state index contributed by atoms with van der Waals surface area (Å²) >= 11 is 0. The van der Waals surface area contributed by atoms with Gasteiger partial charge in [-0.05, 0) is 12.1 Å². The molecule has 0 spiro atoms. The Hall–Kier alpha value is -1.71. The SMILES string of the molecule is NC(=O)c1cc([C]=O)ccn1. The first-order chi connectivity index (χ1) is 5.24. The van der Waals surface area contributed by atoms with Gasteiger partial charge in [-0.1, -0.05) is 0 Å². The Bertz CT molecular complexity index is 296. The minimum absolute atomic E-state index is 0.0749. The highest BCUT2D eigenvalue weighted by Gasteiger charge is 2.01. The van der Waals surface area contributed by atoms with E-state index in [0.717, 1.165) is 0 Å². The number of amides is 1. The largest absolute Gasteiger partial charge is 0.364 e. The summed E-state index contributed by atoms with van der Waals surface area (Å²) in [5.41, 5.74) is 5.25. The van der Waals surface area contributed by atoms with Gasteiger partial charge in [-0.25, -0.2) is 0 Å². The summed E-state index contributed by atoms with van der Waals surface area (Å²) in [5, 5.41) is 0. The predicted molar refractivity (Wildman–Crippen MR) is 37.6 cm³/mol. The molecular weight excluding hydrogens is 144 g/mol. The molecule has 0 saturated heterocycles. The average Bonchev–Trinajstić information content (AvgIpc) is 2.05. The Morgan fingerprint density at radius 1 is 1.64 bits per heavy atom. The van der Waals surface area contributed by atoms with Crippen molar-refractivity contribution >= 4 is 12.2 Å². The highest BCUT2D eigenvalue weighted by molar-refractivity contribution is 5.92. The zero-order valence-corrected chi connectivity index (χ0v) is 5.57. The molecule has 0 fully saturated rings. The van der Waals surface area contributed by atoms with E-state index in [9.17, 15) is 9.59 Å². The number of aromatic nitrogens is 1. The average molecular weight is 149 g/mol. The van der Waals surface area contributed by atoms with E-state index >= 15 is 0 Å². The lowest BCUT2D eigenvalue weighted by Crippen LogP contribution is -2.12. The monoisotopic (exact) mass is 149 g/mol. The van der Waals surface area contributed by atoms with E-state index in [1.165, 1.54) is 18.3 Å². The molecule has 0 aliphatic carbocycles. The van der Waals surface area contributed by atoms with Crippen molar-refractivity contribution in [3.05, 3.63) is 29.6 Å². The van der Waals surface area contributed by atoms with Crippen molar-refractivity contribution in [3.8, 4) is 0 Å². The topological polar surface area (TPSA) is 73.1 Å². The molecule has 1 rings (SSSR count). The van der Waals surface area contributed by atoms with Crippen LogP contribution in [0.2, 0.25) is 0 Å². The van der Waals surface area contributed by atoms with E-state index in [0.29, 0.717) is 0 Å². The van der Waals surface area contributed by atoms with Gasteiger partial charge in [0.25, 0.3) is 5.91 Å². The first kappa shape index (κ1) is 7.40. The standard InChI is InChI=1S/C7H5N2O2/c8-7(11)6-3-5(4-10)1-2-9-6/h1-3H,(H2,8,11). The van der Waals surface area contributed by atoms with Gasteiger partial charge in [-0.2, -0.15) is 0 Å². The summed E-state index contributed by atoms with van der Waals surface area (Å²) in [6.07, 6.45) is 2.96. The maximum absolute atomic E-state index is 10.5. The van der Waals surface area contributed by atoms with E-state index in [1.54, 1.807) is 6.29 Å². The van der Waals surface area contributed by atoms with Crippen molar-refractivity contribution in [2.45, 2.75) is 0 Å². The Morgan fingerprint density at radius 3 is 2.91 bits per heavy atom. The number of carbonyl (C=O) groups excluding carboxylic acids is 2. The molecule has 2 N–H and O–H groups in total. The van der Waals surface area contributed by atoms with Crippen molar-refractivity contribution in [3.63, 3.8) is 0 Å². The second-order valence-corrected chi connectivity index (χ2v) is 1.90. The predicted octanol–water partition coefficient (Wildman–Crippen LogP) is -0.362. The van der Waals surface area contributed by atoms with Gasteiger partial charge in [0.05, 0.1) is 0 Å². The van der Waals surface area contributed by atoms with Gasteiger partial charge in [0, 0.05) is 11.8 Å². The van der Waals surface area contributed by atoms with Crippen LogP contribution in [0.25, 0.3) is 0 Å². The third-order valence-corrected chi connectivity index (χ3v) is 1.13. The van der Waals surface area contributed by atoms with Gasteiger partial charge >= 0.3 is 0 Å². The van der Waals surface area contributed by atoms with E-state index in [-0.39, 0.29) is 11.3 Å². The zero-order valence-electron chi connectivity index (χ0n) is 5.57. The summed E-state index contributed by atoms with van der Waals surface area (Å²) in [4.78, 5) is 24.2. The fourth-order valence-corrected chi connectivity index (χ4v) is 0.629. The first-order valence-electron chi connectivity index (χ1n) is 2.88. The van der Waals surface area contributed by atoms with Crippen LogP contribution in [0.5, 0.6) is 0 Å².